The second-order valence-electron chi connectivity index (χ2n) is 10.1. The van der Waals surface area contributed by atoms with Crippen LogP contribution in [-0.2, 0) is 11.3 Å². The Morgan fingerprint density at radius 1 is 1.26 bits per heavy atom. The molecule has 1 unspecified atom stereocenters. The summed E-state index contributed by atoms with van der Waals surface area (Å²) < 4.78 is 14.7. The Hall–Kier alpha value is -2.63. The first-order valence-corrected chi connectivity index (χ1v) is 13.1. The largest absolute Gasteiger partial charge is 0.458 e. The van der Waals surface area contributed by atoms with E-state index in [0.29, 0.717) is 25.6 Å². The molecule has 1 atom stereocenters. The van der Waals surface area contributed by atoms with Crippen LogP contribution in [0.4, 0.5) is 10.7 Å². The average molecular weight is 592 g/mol. The van der Waals surface area contributed by atoms with Crippen molar-refractivity contribution in [3.05, 3.63) is 45.2 Å². The van der Waals surface area contributed by atoms with Gasteiger partial charge in [-0.15, -0.1) is 0 Å². The second-order valence-corrected chi connectivity index (χ2v) is 11.2. The maximum atomic E-state index is 12.6. The molecule has 188 valence electrons. The Bertz CT molecular complexity index is 1190. The highest BCUT2D eigenvalue weighted by molar-refractivity contribution is 14.1. The molecular weight excluding hydrogens is 559 g/mol. The number of amides is 1. The van der Waals surface area contributed by atoms with Gasteiger partial charge in [0.05, 0.1) is 12.7 Å². The van der Waals surface area contributed by atoms with Crippen LogP contribution in [-0.4, -0.2) is 55.4 Å². The highest BCUT2D eigenvalue weighted by atomic mass is 127. The number of hydrogen-bond donors (Lipinski definition) is 1. The first kappa shape index (κ1) is 25.5. The summed E-state index contributed by atoms with van der Waals surface area (Å²) in [4.78, 5) is 23.6. The Balaban J connectivity index is 1.56. The summed E-state index contributed by atoms with van der Waals surface area (Å²) in [5.74, 6) is 0.812. The van der Waals surface area contributed by atoms with Gasteiger partial charge in [-0.25, -0.2) is 4.79 Å². The minimum Gasteiger partial charge on any atom is -0.458 e. The Morgan fingerprint density at radius 2 is 2.03 bits per heavy atom. The number of anilines is 1. The highest BCUT2D eigenvalue weighted by Crippen LogP contribution is 2.25. The molecule has 1 amide bonds. The molecule has 1 saturated heterocycles. The smallest absolute Gasteiger partial charge is 0.410 e. The fraction of sp³-hybridized carbons (Fsp3) is 0.520. The van der Waals surface area contributed by atoms with E-state index in [4.69, 9.17) is 14.5 Å². The molecule has 1 aliphatic heterocycles. The number of benzene rings is 1. The summed E-state index contributed by atoms with van der Waals surface area (Å²) in [7, 11) is 0. The topological polar surface area (TPSA) is 93.9 Å². The minimum absolute atomic E-state index is 0.216. The monoisotopic (exact) mass is 592 g/mol. The number of aromatic nitrogens is 4. The van der Waals surface area contributed by atoms with Gasteiger partial charge < -0.3 is 19.7 Å². The van der Waals surface area contributed by atoms with Crippen LogP contribution in [0.25, 0.3) is 5.65 Å². The summed E-state index contributed by atoms with van der Waals surface area (Å²) >= 11 is 2.33. The van der Waals surface area contributed by atoms with Gasteiger partial charge in [-0.1, -0.05) is 32.0 Å². The highest BCUT2D eigenvalue weighted by Gasteiger charge is 2.29. The first-order valence-electron chi connectivity index (χ1n) is 12.0. The van der Waals surface area contributed by atoms with Crippen LogP contribution in [0.3, 0.4) is 0 Å². The van der Waals surface area contributed by atoms with Crippen LogP contribution >= 0.6 is 22.6 Å². The van der Waals surface area contributed by atoms with Crippen molar-refractivity contribution in [1.82, 2.24) is 24.5 Å². The number of carbonyl (C=O) groups excluding carboxylic acids is 1. The molecule has 2 aromatic heterocycles. The van der Waals surface area contributed by atoms with Gasteiger partial charge in [0.2, 0.25) is 5.95 Å². The number of piperidine rings is 1. The molecular formula is C25H33IN6O3. The number of ether oxygens (including phenoxy) is 2. The lowest BCUT2D eigenvalue weighted by Gasteiger charge is -2.33. The molecule has 0 spiro atoms. The molecule has 9 nitrogen and oxygen atoms in total. The lowest BCUT2D eigenvalue weighted by Crippen LogP contribution is -2.46. The third-order valence-corrected chi connectivity index (χ3v) is 6.75. The Kier molecular flexibility index (Phi) is 7.67. The molecule has 4 rings (SSSR count). The SMILES string of the molecule is CC(C)c1cnn2c(NCc3ccccc3I)nc(OC3CCCN(C(=O)OC(C)(C)C)C3)nc12. The van der Waals surface area contributed by atoms with Gasteiger partial charge in [-0.3, -0.25) is 0 Å². The van der Waals surface area contributed by atoms with Gasteiger partial charge in [0.25, 0.3) is 0 Å². The summed E-state index contributed by atoms with van der Waals surface area (Å²) in [5.41, 5.74) is 2.37. The summed E-state index contributed by atoms with van der Waals surface area (Å²) in [5, 5.41) is 7.94. The number of likely N-dealkylation sites (tertiary alicyclic amines) is 1. The maximum absolute atomic E-state index is 12.6. The van der Waals surface area contributed by atoms with E-state index in [2.05, 4.69) is 64.0 Å². The van der Waals surface area contributed by atoms with Crippen molar-refractivity contribution in [3.8, 4) is 6.01 Å². The molecule has 3 aromatic rings. The van der Waals surface area contributed by atoms with Gasteiger partial charge >= 0.3 is 12.1 Å². The zero-order valence-electron chi connectivity index (χ0n) is 20.9. The molecule has 1 N–H and O–H groups in total. The van der Waals surface area contributed by atoms with Crippen LogP contribution in [0.5, 0.6) is 6.01 Å². The van der Waals surface area contributed by atoms with Crippen molar-refractivity contribution in [1.29, 1.82) is 0 Å². The summed E-state index contributed by atoms with van der Waals surface area (Å²) in [6, 6.07) is 8.48. The average Bonchev–Trinajstić information content (AvgIpc) is 3.22. The number of rotatable bonds is 6. The van der Waals surface area contributed by atoms with Crippen molar-refractivity contribution in [3.63, 3.8) is 0 Å². The van der Waals surface area contributed by atoms with Crippen molar-refractivity contribution >= 4 is 40.3 Å². The summed E-state index contributed by atoms with van der Waals surface area (Å²) in [6.07, 6.45) is 2.94. The van der Waals surface area contributed by atoms with Crippen LogP contribution in [0.1, 0.15) is 64.5 Å². The Labute approximate surface area is 219 Å². The van der Waals surface area contributed by atoms with Crippen molar-refractivity contribution in [2.75, 3.05) is 18.4 Å². The number of fused-ring (bicyclic) bond motifs is 1. The van der Waals surface area contributed by atoms with E-state index in [0.717, 1.165) is 24.1 Å². The Morgan fingerprint density at radius 3 is 2.74 bits per heavy atom. The normalized spacial score (nSPS) is 16.5. The van der Waals surface area contributed by atoms with Crippen molar-refractivity contribution in [2.24, 2.45) is 0 Å². The van der Waals surface area contributed by atoms with Crippen molar-refractivity contribution in [2.45, 2.75) is 71.6 Å². The van der Waals surface area contributed by atoms with Gasteiger partial charge in [-0.05, 0) is 73.8 Å². The zero-order chi connectivity index (χ0) is 25.2. The van der Waals surface area contributed by atoms with Gasteiger partial charge in [0.1, 0.15) is 11.7 Å². The fourth-order valence-corrected chi connectivity index (χ4v) is 4.52. The molecule has 1 aromatic carbocycles. The summed E-state index contributed by atoms with van der Waals surface area (Å²) in [6.45, 7) is 11.5. The lowest BCUT2D eigenvalue weighted by atomic mass is 10.1. The van der Waals surface area contributed by atoms with Crippen molar-refractivity contribution < 1.29 is 14.3 Å². The molecule has 3 heterocycles. The molecule has 1 fully saturated rings. The standard InChI is InChI=1S/C25H33IN6O3/c1-16(2)19-14-28-32-21(19)29-23(30-22(32)27-13-17-9-6-7-11-20(17)26)34-18-10-8-12-31(15-18)24(33)35-25(3,4)5/h6-7,9,11,14,16,18H,8,10,12-13,15H2,1-5H3,(H,27,29,30). The number of hydrogen-bond acceptors (Lipinski definition) is 7. The third-order valence-electron chi connectivity index (χ3n) is 5.69. The van der Waals surface area contributed by atoms with E-state index in [1.165, 1.54) is 9.13 Å². The minimum atomic E-state index is -0.536. The predicted octanol–water partition coefficient (Wildman–Crippen LogP) is 5.24. The number of nitrogens with zero attached hydrogens (tertiary/aromatic N) is 5. The quantitative estimate of drug-likeness (QED) is 0.392. The van der Waals surface area contributed by atoms with Gasteiger partial charge in [0, 0.05) is 22.2 Å². The molecule has 0 aliphatic carbocycles. The van der Waals surface area contributed by atoms with Crippen LogP contribution in [0.15, 0.2) is 30.5 Å². The van der Waals surface area contributed by atoms with E-state index < -0.39 is 5.60 Å². The molecule has 0 saturated carbocycles. The molecule has 0 radical (unpaired) electrons. The van der Waals surface area contributed by atoms with Gasteiger partial charge in [0.15, 0.2) is 5.65 Å². The van der Waals surface area contributed by atoms with E-state index >= 15 is 0 Å². The molecule has 10 heteroatoms. The number of carbonyl (C=O) groups is 1. The van der Waals surface area contributed by atoms with E-state index in [1.54, 1.807) is 9.42 Å². The number of nitrogens with one attached hydrogen (secondary N) is 1. The van der Waals surface area contributed by atoms with E-state index in [9.17, 15) is 4.79 Å². The second kappa shape index (κ2) is 10.5. The maximum Gasteiger partial charge on any atom is 0.410 e. The fourth-order valence-electron chi connectivity index (χ4n) is 3.94. The third kappa shape index (κ3) is 6.33. The van der Waals surface area contributed by atoms with Gasteiger partial charge in [-0.2, -0.15) is 19.6 Å². The molecule has 1 aliphatic rings. The predicted molar refractivity (Wildman–Crippen MR) is 143 cm³/mol. The number of halogens is 1. The van der Waals surface area contributed by atoms with Crippen LogP contribution in [0.2, 0.25) is 0 Å². The first-order chi connectivity index (χ1) is 16.6. The van der Waals surface area contributed by atoms with Crippen LogP contribution < -0.4 is 10.1 Å². The van der Waals surface area contributed by atoms with E-state index in [1.807, 2.05) is 39.1 Å². The molecule has 0 bridgehead atoms. The van der Waals surface area contributed by atoms with E-state index in [-0.39, 0.29) is 24.1 Å². The van der Waals surface area contributed by atoms with Crippen LogP contribution in [0, 0.1) is 3.57 Å². The zero-order valence-corrected chi connectivity index (χ0v) is 23.1. The molecule has 35 heavy (non-hydrogen) atoms. The lowest BCUT2D eigenvalue weighted by molar-refractivity contribution is 0.00662.